The lowest BCUT2D eigenvalue weighted by atomic mass is 10.1. The Morgan fingerprint density at radius 3 is 2.55 bits per heavy atom. The Morgan fingerprint density at radius 2 is 1.90 bits per heavy atom. The van der Waals surface area contributed by atoms with Crippen molar-refractivity contribution in [3.63, 3.8) is 0 Å². The highest BCUT2D eigenvalue weighted by molar-refractivity contribution is 5.31. The van der Waals surface area contributed by atoms with Crippen LogP contribution in [-0.2, 0) is 6.42 Å². The van der Waals surface area contributed by atoms with E-state index < -0.39 is 0 Å². The van der Waals surface area contributed by atoms with Gasteiger partial charge in [0.1, 0.15) is 5.82 Å². The molecule has 0 atom stereocenters. The average Bonchev–Trinajstić information content (AvgIpc) is 2.83. The van der Waals surface area contributed by atoms with Crippen molar-refractivity contribution in [2.75, 3.05) is 6.54 Å². The minimum atomic E-state index is -0.227. The maximum Gasteiger partial charge on any atom is 0.123 e. The number of rotatable bonds is 5. The van der Waals surface area contributed by atoms with Crippen molar-refractivity contribution in [3.8, 4) is 5.69 Å². The average molecular weight is 275 g/mol. The molecule has 0 radical (unpaired) electrons. The van der Waals surface area contributed by atoms with Crippen LogP contribution in [0.3, 0.4) is 0 Å². The largest absolute Gasteiger partial charge is 0.312 e. The van der Waals surface area contributed by atoms with Crippen LogP contribution in [0.15, 0.2) is 36.7 Å². The van der Waals surface area contributed by atoms with E-state index in [1.165, 1.54) is 17.7 Å². The molecule has 2 rings (SSSR count). The molecule has 0 aliphatic heterocycles. The van der Waals surface area contributed by atoms with Gasteiger partial charge >= 0.3 is 0 Å². The quantitative estimate of drug-likeness (QED) is 0.848. The summed E-state index contributed by atoms with van der Waals surface area (Å²) in [4.78, 5) is 0. The van der Waals surface area contributed by atoms with E-state index in [1.54, 1.807) is 16.8 Å². The summed E-state index contributed by atoms with van der Waals surface area (Å²) in [5.41, 5.74) is 2.24. The lowest BCUT2D eigenvalue weighted by Crippen LogP contribution is -2.36. The summed E-state index contributed by atoms with van der Waals surface area (Å²) >= 11 is 0. The van der Waals surface area contributed by atoms with Crippen LogP contribution in [0, 0.1) is 5.82 Å². The Hall–Kier alpha value is -1.68. The summed E-state index contributed by atoms with van der Waals surface area (Å²) in [5, 5.41) is 7.79. The fourth-order valence-corrected chi connectivity index (χ4v) is 1.98. The summed E-state index contributed by atoms with van der Waals surface area (Å²) in [6, 6.07) is 6.36. The highest BCUT2D eigenvalue weighted by Crippen LogP contribution is 2.10. The van der Waals surface area contributed by atoms with Gasteiger partial charge in [-0.2, -0.15) is 5.10 Å². The van der Waals surface area contributed by atoms with Gasteiger partial charge in [-0.3, -0.25) is 0 Å². The molecule has 0 amide bonds. The maximum absolute atomic E-state index is 12.9. The second-order valence-corrected chi connectivity index (χ2v) is 6.05. The van der Waals surface area contributed by atoms with Gasteiger partial charge in [0.25, 0.3) is 0 Å². The molecule has 20 heavy (non-hydrogen) atoms. The molecule has 0 unspecified atom stereocenters. The van der Waals surface area contributed by atoms with Crippen molar-refractivity contribution in [2.24, 2.45) is 0 Å². The van der Waals surface area contributed by atoms with Gasteiger partial charge in [-0.25, -0.2) is 9.07 Å². The molecular weight excluding hydrogens is 253 g/mol. The van der Waals surface area contributed by atoms with Crippen LogP contribution in [0.2, 0.25) is 0 Å². The molecule has 1 N–H and O–H groups in total. The molecule has 0 saturated heterocycles. The van der Waals surface area contributed by atoms with E-state index in [2.05, 4.69) is 31.2 Å². The van der Waals surface area contributed by atoms with Gasteiger partial charge in [0.05, 0.1) is 11.9 Å². The number of aromatic nitrogens is 2. The van der Waals surface area contributed by atoms with Gasteiger partial charge < -0.3 is 5.32 Å². The highest BCUT2D eigenvalue weighted by Gasteiger charge is 2.07. The fraction of sp³-hybridized carbons (Fsp3) is 0.438. The zero-order chi connectivity index (χ0) is 14.6. The van der Waals surface area contributed by atoms with Crippen LogP contribution in [0.4, 0.5) is 4.39 Å². The Kier molecular flexibility index (Phi) is 4.55. The number of nitrogens with one attached hydrogen (secondary N) is 1. The first-order valence-corrected chi connectivity index (χ1v) is 6.98. The van der Waals surface area contributed by atoms with E-state index in [1.807, 2.05) is 12.4 Å². The summed E-state index contributed by atoms with van der Waals surface area (Å²) in [6.45, 7) is 7.49. The first-order valence-electron chi connectivity index (χ1n) is 6.98. The van der Waals surface area contributed by atoms with Crippen molar-refractivity contribution in [2.45, 2.75) is 39.2 Å². The van der Waals surface area contributed by atoms with E-state index in [0.29, 0.717) is 0 Å². The van der Waals surface area contributed by atoms with Gasteiger partial charge in [0.15, 0.2) is 0 Å². The van der Waals surface area contributed by atoms with Crippen LogP contribution in [0.25, 0.3) is 5.69 Å². The highest BCUT2D eigenvalue weighted by atomic mass is 19.1. The second kappa shape index (κ2) is 6.18. The number of benzene rings is 1. The van der Waals surface area contributed by atoms with Crippen LogP contribution in [0.5, 0.6) is 0 Å². The maximum atomic E-state index is 12.9. The lowest BCUT2D eigenvalue weighted by Gasteiger charge is -2.20. The third-order valence-electron chi connectivity index (χ3n) is 3.02. The molecule has 1 aromatic heterocycles. The van der Waals surface area contributed by atoms with Crippen molar-refractivity contribution < 1.29 is 4.39 Å². The lowest BCUT2D eigenvalue weighted by molar-refractivity contribution is 0.422. The van der Waals surface area contributed by atoms with E-state index in [4.69, 9.17) is 0 Å². The van der Waals surface area contributed by atoms with E-state index in [-0.39, 0.29) is 11.4 Å². The molecule has 1 aromatic carbocycles. The fourth-order valence-electron chi connectivity index (χ4n) is 1.98. The number of halogens is 1. The zero-order valence-corrected chi connectivity index (χ0v) is 12.4. The summed E-state index contributed by atoms with van der Waals surface area (Å²) in [6.07, 6.45) is 5.95. The molecule has 3 nitrogen and oxygen atoms in total. The van der Waals surface area contributed by atoms with Gasteiger partial charge in [-0.15, -0.1) is 0 Å². The SMILES string of the molecule is CC(C)(C)NCCCc1cnn(-c2ccc(F)cc2)c1. The third-order valence-corrected chi connectivity index (χ3v) is 3.02. The van der Waals surface area contributed by atoms with Crippen LogP contribution >= 0.6 is 0 Å². The van der Waals surface area contributed by atoms with E-state index in [9.17, 15) is 4.39 Å². The molecule has 0 spiro atoms. The Bertz CT molecular complexity index is 538. The minimum Gasteiger partial charge on any atom is -0.312 e. The van der Waals surface area contributed by atoms with Crippen molar-refractivity contribution >= 4 is 0 Å². The third kappa shape index (κ3) is 4.46. The van der Waals surface area contributed by atoms with E-state index >= 15 is 0 Å². The topological polar surface area (TPSA) is 29.9 Å². The van der Waals surface area contributed by atoms with E-state index in [0.717, 1.165) is 25.1 Å². The Labute approximate surface area is 119 Å². The Morgan fingerprint density at radius 1 is 1.20 bits per heavy atom. The number of hydrogen-bond acceptors (Lipinski definition) is 2. The van der Waals surface area contributed by atoms with Crippen LogP contribution < -0.4 is 5.32 Å². The molecule has 0 aliphatic carbocycles. The smallest absolute Gasteiger partial charge is 0.123 e. The monoisotopic (exact) mass is 275 g/mol. The van der Waals surface area contributed by atoms with Crippen LogP contribution in [-0.4, -0.2) is 21.9 Å². The molecule has 0 fully saturated rings. The molecule has 0 saturated carbocycles. The first-order chi connectivity index (χ1) is 9.44. The number of hydrogen-bond donors (Lipinski definition) is 1. The molecule has 108 valence electrons. The number of aryl methyl sites for hydroxylation is 1. The van der Waals surface area contributed by atoms with Crippen molar-refractivity contribution in [1.29, 1.82) is 0 Å². The molecule has 1 heterocycles. The molecular formula is C16H22FN3. The van der Waals surface area contributed by atoms with Gasteiger partial charge in [-0.05, 0) is 70.0 Å². The van der Waals surface area contributed by atoms with Gasteiger partial charge in [0.2, 0.25) is 0 Å². The molecule has 4 heteroatoms. The molecule has 0 aliphatic rings. The minimum absolute atomic E-state index is 0.165. The summed E-state index contributed by atoms with van der Waals surface area (Å²) in [5.74, 6) is -0.227. The summed E-state index contributed by atoms with van der Waals surface area (Å²) in [7, 11) is 0. The van der Waals surface area contributed by atoms with Gasteiger partial charge in [0, 0.05) is 11.7 Å². The second-order valence-electron chi connectivity index (χ2n) is 6.05. The Balaban J connectivity index is 1.88. The zero-order valence-electron chi connectivity index (χ0n) is 12.4. The van der Waals surface area contributed by atoms with Crippen molar-refractivity contribution in [1.82, 2.24) is 15.1 Å². The predicted octanol–water partition coefficient (Wildman–Crippen LogP) is 3.33. The molecule has 0 bridgehead atoms. The normalized spacial score (nSPS) is 11.8. The van der Waals surface area contributed by atoms with Gasteiger partial charge in [-0.1, -0.05) is 0 Å². The predicted molar refractivity (Wildman–Crippen MR) is 79.6 cm³/mol. The summed E-state index contributed by atoms with van der Waals surface area (Å²) < 4.78 is 14.7. The van der Waals surface area contributed by atoms with Crippen LogP contribution in [0.1, 0.15) is 32.8 Å². The van der Waals surface area contributed by atoms with Crippen molar-refractivity contribution in [3.05, 3.63) is 48.0 Å². The molecule has 2 aromatic rings. The first kappa shape index (κ1) is 14.7. The standard InChI is InChI=1S/C16H22FN3/c1-16(2,3)18-10-4-5-13-11-19-20(12-13)15-8-6-14(17)7-9-15/h6-9,11-12,18H,4-5,10H2,1-3H3. The number of nitrogens with zero attached hydrogens (tertiary/aromatic N) is 2.